The number of carbonyl (C=O) groups is 1. The van der Waals surface area contributed by atoms with Crippen LogP contribution in [-0.2, 0) is 14.6 Å². The topological polar surface area (TPSA) is 109 Å². The van der Waals surface area contributed by atoms with Gasteiger partial charge in [0.15, 0.2) is 5.96 Å². The summed E-state index contributed by atoms with van der Waals surface area (Å²) in [5.41, 5.74) is 0.313. The third-order valence-corrected chi connectivity index (χ3v) is 4.95. The molecule has 178 valence electrons. The van der Waals surface area contributed by atoms with E-state index in [-0.39, 0.29) is 48.4 Å². The zero-order valence-corrected chi connectivity index (χ0v) is 22.4. The van der Waals surface area contributed by atoms with Crippen LogP contribution in [0.5, 0.6) is 0 Å². The SMILES string of the molecule is CCNC(=NCC(NC(=O)OC(C)(C)C)c1ccccc1)NC(C)CCS(C)(=O)=O.I. The molecule has 0 heterocycles. The number of alkyl carbamates (subject to hydrolysis) is 1. The minimum atomic E-state index is -3.02. The van der Waals surface area contributed by atoms with Crippen molar-refractivity contribution in [2.45, 2.75) is 58.7 Å². The van der Waals surface area contributed by atoms with Crippen molar-refractivity contribution in [2.24, 2.45) is 4.99 Å². The molecule has 0 saturated heterocycles. The van der Waals surface area contributed by atoms with Crippen LogP contribution < -0.4 is 16.0 Å². The number of nitrogens with zero attached hydrogens (tertiary/aromatic N) is 1. The van der Waals surface area contributed by atoms with Gasteiger partial charge in [0.25, 0.3) is 0 Å². The van der Waals surface area contributed by atoms with Crippen molar-refractivity contribution in [1.29, 1.82) is 0 Å². The molecule has 1 rings (SSSR count). The van der Waals surface area contributed by atoms with Gasteiger partial charge >= 0.3 is 6.09 Å². The van der Waals surface area contributed by atoms with Gasteiger partial charge in [-0.1, -0.05) is 30.3 Å². The Balaban J connectivity index is 0.00000900. The second-order valence-electron chi connectivity index (χ2n) is 8.29. The lowest BCUT2D eigenvalue weighted by atomic mass is 10.1. The van der Waals surface area contributed by atoms with Gasteiger partial charge in [-0.3, -0.25) is 4.99 Å². The van der Waals surface area contributed by atoms with Crippen LogP contribution in [0.3, 0.4) is 0 Å². The van der Waals surface area contributed by atoms with Gasteiger partial charge in [-0.25, -0.2) is 13.2 Å². The Morgan fingerprint density at radius 3 is 2.29 bits per heavy atom. The molecule has 0 radical (unpaired) electrons. The molecule has 0 aliphatic rings. The maximum absolute atomic E-state index is 12.3. The molecule has 10 heteroatoms. The minimum Gasteiger partial charge on any atom is -0.444 e. The lowest BCUT2D eigenvalue weighted by Gasteiger charge is -2.24. The largest absolute Gasteiger partial charge is 0.444 e. The molecule has 2 unspecified atom stereocenters. The smallest absolute Gasteiger partial charge is 0.408 e. The summed E-state index contributed by atoms with van der Waals surface area (Å²) in [5, 5.41) is 9.26. The van der Waals surface area contributed by atoms with Gasteiger partial charge in [0, 0.05) is 18.8 Å². The summed E-state index contributed by atoms with van der Waals surface area (Å²) in [5.74, 6) is 0.665. The molecule has 1 amide bonds. The van der Waals surface area contributed by atoms with Crippen LogP contribution in [0.15, 0.2) is 35.3 Å². The quantitative estimate of drug-likeness (QED) is 0.240. The number of hydrogen-bond donors (Lipinski definition) is 3. The summed E-state index contributed by atoms with van der Waals surface area (Å²) in [6, 6.07) is 9.11. The lowest BCUT2D eigenvalue weighted by molar-refractivity contribution is 0.0505. The van der Waals surface area contributed by atoms with Crippen molar-refractivity contribution in [3.8, 4) is 0 Å². The highest BCUT2D eigenvalue weighted by atomic mass is 127. The molecule has 0 aromatic heterocycles. The summed E-state index contributed by atoms with van der Waals surface area (Å²) in [7, 11) is -3.02. The highest BCUT2D eigenvalue weighted by molar-refractivity contribution is 14.0. The fourth-order valence-electron chi connectivity index (χ4n) is 2.57. The van der Waals surface area contributed by atoms with E-state index in [4.69, 9.17) is 4.74 Å². The number of carbonyl (C=O) groups excluding carboxylic acids is 1. The molecule has 1 aromatic rings. The van der Waals surface area contributed by atoms with E-state index in [0.717, 1.165) is 5.56 Å². The van der Waals surface area contributed by atoms with Gasteiger partial charge in [0.2, 0.25) is 0 Å². The Morgan fingerprint density at radius 1 is 1.16 bits per heavy atom. The van der Waals surface area contributed by atoms with Crippen LogP contribution in [0.2, 0.25) is 0 Å². The predicted molar refractivity (Wildman–Crippen MR) is 137 cm³/mol. The average molecular weight is 569 g/mol. The van der Waals surface area contributed by atoms with Gasteiger partial charge in [-0.05, 0) is 46.6 Å². The first-order chi connectivity index (χ1) is 13.9. The molecular formula is C21H37IN4O4S. The van der Waals surface area contributed by atoms with Gasteiger partial charge < -0.3 is 20.7 Å². The Bertz CT molecular complexity index is 795. The van der Waals surface area contributed by atoms with E-state index in [9.17, 15) is 13.2 Å². The number of rotatable bonds is 9. The number of halogens is 1. The van der Waals surface area contributed by atoms with Crippen molar-refractivity contribution >= 4 is 45.9 Å². The van der Waals surface area contributed by atoms with Crippen molar-refractivity contribution < 1.29 is 17.9 Å². The standard InChI is InChI=1S/C21H36N4O4S.HI/c1-7-22-19(24-16(2)13-14-30(6,27)28)23-15-18(17-11-9-8-10-12-17)25-20(26)29-21(3,4)5;/h8-12,16,18H,7,13-15H2,1-6H3,(H,25,26)(H2,22,23,24);1H. The number of amides is 1. The van der Waals surface area contributed by atoms with E-state index < -0.39 is 21.5 Å². The molecule has 3 N–H and O–H groups in total. The number of benzene rings is 1. The fraction of sp³-hybridized carbons (Fsp3) is 0.619. The maximum Gasteiger partial charge on any atom is 0.408 e. The highest BCUT2D eigenvalue weighted by Crippen LogP contribution is 2.15. The van der Waals surface area contributed by atoms with E-state index in [0.29, 0.717) is 18.9 Å². The van der Waals surface area contributed by atoms with Crippen LogP contribution in [-0.4, -0.2) is 57.2 Å². The molecule has 0 aliphatic heterocycles. The molecule has 0 aliphatic carbocycles. The first kappa shape index (κ1) is 29.4. The Hall–Kier alpha value is -1.56. The minimum absolute atomic E-state index is 0. The average Bonchev–Trinajstić information content (AvgIpc) is 2.62. The predicted octanol–water partition coefficient (Wildman–Crippen LogP) is 3.25. The summed E-state index contributed by atoms with van der Waals surface area (Å²) < 4.78 is 28.2. The number of nitrogens with one attached hydrogen (secondary N) is 3. The normalized spacial score (nSPS) is 14.1. The maximum atomic E-state index is 12.3. The number of ether oxygens (including phenoxy) is 1. The van der Waals surface area contributed by atoms with Crippen LogP contribution in [0.1, 0.15) is 52.6 Å². The molecule has 0 fully saturated rings. The molecule has 31 heavy (non-hydrogen) atoms. The summed E-state index contributed by atoms with van der Waals surface area (Å²) in [6.45, 7) is 10.2. The monoisotopic (exact) mass is 568 g/mol. The zero-order valence-electron chi connectivity index (χ0n) is 19.3. The number of guanidine groups is 1. The third kappa shape index (κ3) is 14.2. The molecular weight excluding hydrogens is 531 g/mol. The highest BCUT2D eigenvalue weighted by Gasteiger charge is 2.20. The summed E-state index contributed by atoms with van der Waals surface area (Å²) in [4.78, 5) is 16.9. The second-order valence-corrected chi connectivity index (χ2v) is 10.6. The molecule has 0 spiro atoms. The van der Waals surface area contributed by atoms with Gasteiger partial charge in [-0.15, -0.1) is 24.0 Å². The molecule has 0 saturated carbocycles. The van der Waals surface area contributed by atoms with E-state index in [2.05, 4.69) is 20.9 Å². The number of sulfone groups is 1. The van der Waals surface area contributed by atoms with Crippen LogP contribution >= 0.6 is 24.0 Å². The molecule has 2 atom stereocenters. The number of hydrogen-bond acceptors (Lipinski definition) is 5. The molecule has 8 nitrogen and oxygen atoms in total. The Kier molecular flexibility index (Phi) is 13.1. The van der Waals surface area contributed by atoms with Crippen molar-refractivity contribution in [1.82, 2.24) is 16.0 Å². The fourth-order valence-corrected chi connectivity index (χ4v) is 3.35. The van der Waals surface area contributed by atoms with Crippen molar-refractivity contribution in [3.63, 3.8) is 0 Å². The number of aliphatic imine (C=N–C) groups is 1. The first-order valence-electron chi connectivity index (χ1n) is 10.2. The van der Waals surface area contributed by atoms with Crippen molar-refractivity contribution in [2.75, 3.05) is 25.1 Å². The van der Waals surface area contributed by atoms with E-state index in [1.54, 1.807) is 0 Å². The molecule has 1 aromatic carbocycles. The Labute approximate surface area is 203 Å². The van der Waals surface area contributed by atoms with E-state index in [1.807, 2.05) is 65.0 Å². The summed E-state index contributed by atoms with van der Waals surface area (Å²) in [6.07, 6.45) is 1.19. The van der Waals surface area contributed by atoms with Crippen molar-refractivity contribution in [3.05, 3.63) is 35.9 Å². The molecule has 0 bridgehead atoms. The van der Waals surface area contributed by atoms with Crippen LogP contribution in [0.4, 0.5) is 4.79 Å². The van der Waals surface area contributed by atoms with Gasteiger partial charge in [0.1, 0.15) is 15.4 Å². The van der Waals surface area contributed by atoms with E-state index >= 15 is 0 Å². The van der Waals surface area contributed by atoms with E-state index in [1.165, 1.54) is 6.26 Å². The first-order valence-corrected chi connectivity index (χ1v) is 12.2. The lowest BCUT2D eigenvalue weighted by Crippen LogP contribution is -2.43. The second kappa shape index (κ2) is 13.8. The summed E-state index contributed by atoms with van der Waals surface area (Å²) >= 11 is 0. The zero-order chi connectivity index (χ0) is 22.8. The van der Waals surface area contributed by atoms with Crippen LogP contribution in [0.25, 0.3) is 0 Å². The van der Waals surface area contributed by atoms with Crippen LogP contribution in [0, 0.1) is 0 Å². The third-order valence-electron chi connectivity index (χ3n) is 3.97. The van der Waals surface area contributed by atoms with Gasteiger partial charge in [0.05, 0.1) is 18.3 Å². The van der Waals surface area contributed by atoms with Gasteiger partial charge in [-0.2, -0.15) is 0 Å². The Morgan fingerprint density at radius 2 is 1.77 bits per heavy atom.